The van der Waals surface area contributed by atoms with Gasteiger partial charge in [0, 0.05) is 6.54 Å². The summed E-state index contributed by atoms with van der Waals surface area (Å²) in [5.41, 5.74) is 0. The second-order valence-electron chi connectivity index (χ2n) is 5.70. The second kappa shape index (κ2) is 9.35. The van der Waals surface area contributed by atoms with Crippen molar-refractivity contribution < 1.29 is 14.4 Å². The van der Waals surface area contributed by atoms with Crippen LogP contribution >= 0.6 is 0 Å². The number of likely N-dealkylation sites (N-methyl/N-ethyl adjacent to an activating group) is 1. The summed E-state index contributed by atoms with van der Waals surface area (Å²) in [6.45, 7) is 6.62. The molecule has 1 saturated heterocycles. The predicted molar refractivity (Wildman–Crippen MR) is 85.3 cm³/mol. The fourth-order valence-corrected chi connectivity index (χ4v) is 2.60. The van der Waals surface area contributed by atoms with Crippen molar-refractivity contribution in [2.45, 2.75) is 51.1 Å². The molecule has 22 heavy (non-hydrogen) atoms. The lowest BCUT2D eigenvalue weighted by Crippen LogP contribution is -2.51. The van der Waals surface area contributed by atoms with Gasteiger partial charge in [0.05, 0.1) is 12.1 Å². The van der Waals surface area contributed by atoms with Gasteiger partial charge in [-0.3, -0.25) is 19.3 Å². The van der Waals surface area contributed by atoms with E-state index in [0.717, 1.165) is 32.2 Å². The number of unbranched alkanes of at least 4 members (excludes halogenated alkanes) is 1. The average Bonchev–Trinajstić information content (AvgIpc) is 2.94. The van der Waals surface area contributed by atoms with Crippen LogP contribution in [0, 0.1) is 0 Å². The maximum atomic E-state index is 12.3. The lowest BCUT2D eigenvalue weighted by atomic mass is 10.0. The van der Waals surface area contributed by atoms with Crippen molar-refractivity contribution in [2.75, 3.05) is 20.1 Å². The van der Waals surface area contributed by atoms with Gasteiger partial charge in [0.2, 0.25) is 11.7 Å². The predicted octanol–water partition coefficient (Wildman–Crippen LogP) is 0.627. The summed E-state index contributed by atoms with van der Waals surface area (Å²) in [4.78, 5) is 38.3. The quantitative estimate of drug-likeness (QED) is 0.484. The van der Waals surface area contributed by atoms with Gasteiger partial charge in [0.25, 0.3) is 5.91 Å². The minimum Gasteiger partial charge on any atom is -0.346 e. The molecular weight excluding hydrogens is 282 g/mol. The van der Waals surface area contributed by atoms with Crippen molar-refractivity contribution in [2.24, 2.45) is 0 Å². The van der Waals surface area contributed by atoms with Gasteiger partial charge in [-0.2, -0.15) is 0 Å². The molecule has 1 aliphatic heterocycles. The molecule has 1 rings (SSSR count). The molecule has 124 valence electrons. The van der Waals surface area contributed by atoms with Crippen LogP contribution in [0.2, 0.25) is 0 Å². The van der Waals surface area contributed by atoms with Gasteiger partial charge >= 0.3 is 0 Å². The highest BCUT2D eigenvalue weighted by molar-refractivity contribution is 6.38. The molecule has 1 heterocycles. The summed E-state index contributed by atoms with van der Waals surface area (Å²) < 4.78 is 0. The van der Waals surface area contributed by atoms with E-state index in [2.05, 4.69) is 17.2 Å². The number of carbonyl (C=O) groups is 3. The van der Waals surface area contributed by atoms with Crippen LogP contribution in [0.4, 0.5) is 0 Å². The van der Waals surface area contributed by atoms with E-state index < -0.39 is 17.7 Å². The molecule has 2 atom stereocenters. The number of carbonyl (C=O) groups excluding carboxylic acids is 3. The molecule has 0 spiro atoms. The van der Waals surface area contributed by atoms with E-state index >= 15 is 0 Å². The highest BCUT2D eigenvalue weighted by Gasteiger charge is 2.32. The SMILES string of the molecule is C=CCNC(=O)C(=O)C(CCCC)NC(=O)[C@@H]1CCCN1C. The summed E-state index contributed by atoms with van der Waals surface area (Å²) in [5, 5.41) is 5.24. The smallest absolute Gasteiger partial charge is 0.289 e. The Balaban J connectivity index is 2.66. The zero-order chi connectivity index (χ0) is 16.5. The van der Waals surface area contributed by atoms with E-state index in [1.54, 1.807) is 0 Å². The van der Waals surface area contributed by atoms with E-state index in [4.69, 9.17) is 0 Å². The van der Waals surface area contributed by atoms with Crippen molar-refractivity contribution >= 4 is 17.6 Å². The Bertz CT molecular complexity index is 423. The molecule has 0 bridgehead atoms. The van der Waals surface area contributed by atoms with Crippen molar-refractivity contribution in [1.82, 2.24) is 15.5 Å². The average molecular weight is 309 g/mol. The van der Waals surface area contributed by atoms with Gasteiger partial charge in [-0.25, -0.2) is 0 Å². The molecule has 0 aromatic heterocycles. The lowest BCUT2D eigenvalue weighted by Gasteiger charge is -2.23. The third-order valence-corrected chi connectivity index (χ3v) is 3.93. The first kappa shape index (κ1) is 18.4. The van der Waals surface area contributed by atoms with Crippen LogP contribution in [0.5, 0.6) is 0 Å². The Morgan fingerprint density at radius 3 is 2.68 bits per heavy atom. The molecular formula is C16H27N3O3. The summed E-state index contributed by atoms with van der Waals surface area (Å²) in [7, 11) is 1.90. The molecule has 0 saturated carbocycles. The highest BCUT2D eigenvalue weighted by atomic mass is 16.2. The van der Waals surface area contributed by atoms with E-state index in [0.29, 0.717) is 6.42 Å². The number of nitrogens with zero attached hydrogens (tertiary/aromatic N) is 1. The largest absolute Gasteiger partial charge is 0.346 e. The van der Waals surface area contributed by atoms with E-state index in [9.17, 15) is 14.4 Å². The zero-order valence-electron chi connectivity index (χ0n) is 13.6. The fraction of sp³-hybridized carbons (Fsp3) is 0.688. The van der Waals surface area contributed by atoms with E-state index in [1.807, 2.05) is 18.9 Å². The molecule has 1 aliphatic rings. The topological polar surface area (TPSA) is 78.5 Å². The third kappa shape index (κ3) is 5.26. The molecule has 0 aromatic rings. The van der Waals surface area contributed by atoms with Crippen LogP contribution in [0.1, 0.15) is 39.0 Å². The van der Waals surface area contributed by atoms with Gasteiger partial charge < -0.3 is 10.6 Å². The summed E-state index contributed by atoms with van der Waals surface area (Å²) in [6, 6.07) is -0.945. The van der Waals surface area contributed by atoms with Crippen molar-refractivity contribution in [3.8, 4) is 0 Å². The van der Waals surface area contributed by atoms with Crippen LogP contribution in [0.15, 0.2) is 12.7 Å². The lowest BCUT2D eigenvalue weighted by molar-refractivity contribution is -0.140. The maximum absolute atomic E-state index is 12.3. The third-order valence-electron chi connectivity index (χ3n) is 3.93. The van der Waals surface area contributed by atoms with Gasteiger partial charge in [0.15, 0.2) is 0 Å². The number of nitrogens with one attached hydrogen (secondary N) is 2. The second-order valence-corrected chi connectivity index (χ2v) is 5.70. The molecule has 2 N–H and O–H groups in total. The zero-order valence-corrected chi connectivity index (χ0v) is 13.6. The molecule has 1 fully saturated rings. The van der Waals surface area contributed by atoms with Crippen LogP contribution in [-0.4, -0.2) is 54.7 Å². The van der Waals surface area contributed by atoms with Gasteiger partial charge in [-0.05, 0) is 32.9 Å². The molecule has 1 unspecified atom stereocenters. The van der Waals surface area contributed by atoms with E-state index in [-0.39, 0.29) is 18.5 Å². The molecule has 2 amide bonds. The van der Waals surface area contributed by atoms with Gasteiger partial charge in [-0.1, -0.05) is 25.8 Å². The summed E-state index contributed by atoms with van der Waals surface area (Å²) in [5.74, 6) is -1.41. The van der Waals surface area contributed by atoms with Gasteiger partial charge in [-0.15, -0.1) is 6.58 Å². The Hall–Kier alpha value is -1.69. The Labute approximate surface area is 132 Å². The number of ketones is 1. The maximum Gasteiger partial charge on any atom is 0.289 e. The molecule has 0 aromatic carbocycles. The Morgan fingerprint density at radius 2 is 2.14 bits per heavy atom. The Morgan fingerprint density at radius 1 is 1.41 bits per heavy atom. The minimum atomic E-state index is -0.744. The fourth-order valence-electron chi connectivity index (χ4n) is 2.60. The standard InChI is InChI=1S/C16H27N3O3/c1-4-6-8-12(14(20)16(22)17-10-5-2)18-15(21)13-9-7-11-19(13)3/h5,12-13H,2,4,6-11H2,1,3H3,(H,17,22)(H,18,21)/t12?,13-/m0/s1. The van der Waals surface area contributed by atoms with Crippen LogP contribution in [0.25, 0.3) is 0 Å². The number of rotatable bonds is 9. The van der Waals surface area contributed by atoms with Crippen LogP contribution in [-0.2, 0) is 14.4 Å². The number of Topliss-reactive ketones (excluding diaryl/α,β-unsaturated/α-hetero) is 1. The molecule has 0 aliphatic carbocycles. The number of hydrogen-bond donors (Lipinski definition) is 2. The summed E-state index contributed by atoms with van der Waals surface area (Å²) in [6.07, 6.45) is 5.45. The number of hydrogen-bond acceptors (Lipinski definition) is 4. The van der Waals surface area contributed by atoms with Crippen LogP contribution in [0.3, 0.4) is 0 Å². The molecule has 6 heteroatoms. The molecule has 0 radical (unpaired) electrons. The summed E-state index contributed by atoms with van der Waals surface area (Å²) >= 11 is 0. The van der Waals surface area contributed by atoms with Crippen molar-refractivity contribution in [3.63, 3.8) is 0 Å². The Kier molecular flexibility index (Phi) is 7.80. The van der Waals surface area contributed by atoms with Crippen LogP contribution < -0.4 is 10.6 Å². The first-order chi connectivity index (χ1) is 10.5. The first-order valence-electron chi connectivity index (χ1n) is 7.94. The van der Waals surface area contributed by atoms with Crippen molar-refractivity contribution in [1.29, 1.82) is 0 Å². The van der Waals surface area contributed by atoms with Gasteiger partial charge in [0.1, 0.15) is 0 Å². The monoisotopic (exact) mass is 309 g/mol. The minimum absolute atomic E-state index is 0.161. The number of likely N-dealkylation sites (tertiary alicyclic amines) is 1. The highest BCUT2D eigenvalue weighted by Crippen LogP contribution is 2.15. The van der Waals surface area contributed by atoms with E-state index in [1.165, 1.54) is 6.08 Å². The normalized spacial score (nSPS) is 19.5. The molecule has 6 nitrogen and oxygen atoms in total. The number of amides is 2. The van der Waals surface area contributed by atoms with Crippen molar-refractivity contribution in [3.05, 3.63) is 12.7 Å². The first-order valence-corrected chi connectivity index (χ1v) is 7.94.